The molecule has 11 heteroatoms. The number of carbonyl (C=O) groups excluding carboxylic acids is 1. The maximum atomic E-state index is 13.3. The molecule has 0 bridgehead atoms. The molecule has 0 atom stereocenters. The zero-order valence-corrected chi connectivity index (χ0v) is 20.1. The highest BCUT2D eigenvalue weighted by Crippen LogP contribution is 2.31. The van der Waals surface area contributed by atoms with Crippen LogP contribution in [0, 0.1) is 5.92 Å². The van der Waals surface area contributed by atoms with Gasteiger partial charge in [-0.05, 0) is 30.2 Å². The molecule has 0 radical (unpaired) electrons. The lowest BCUT2D eigenvalue weighted by molar-refractivity contribution is -0.114. The Morgan fingerprint density at radius 3 is 2.48 bits per heavy atom. The van der Waals surface area contributed by atoms with Gasteiger partial charge in [-0.25, -0.2) is 8.42 Å². The van der Waals surface area contributed by atoms with E-state index in [0.29, 0.717) is 11.0 Å². The van der Waals surface area contributed by atoms with Crippen molar-refractivity contribution in [2.24, 2.45) is 5.92 Å². The number of hydrogen-bond acceptors (Lipinski definition) is 7. The van der Waals surface area contributed by atoms with Gasteiger partial charge in [0.05, 0.1) is 15.6 Å². The predicted molar refractivity (Wildman–Crippen MR) is 127 cm³/mol. The van der Waals surface area contributed by atoms with E-state index in [1.165, 1.54) is 23.5 Å². The minimum Gasteiger partial charge on any atom is -0.299 e. The van der Waals surface area contributed by atoms with Gasteiger partial charge in [0.25, 0.3) is 10.0 Å². The normalized spacial score (nSPS) is 11.5. The summed E-state index contributed by atoms with van der Waals surface area (Å²) in [7, 11) is -4.03. The van der Waals surface area contributed by atoms with Crippen LogP contribution < -0.4 is 9.62 Å². The molecule has 7 nitrogen and oxygen atoms in total. The van der Waals surface area contributed by atoms with E-state index in [9.17, 15) is 13.2 Å². The number of nitrogens with one attached hydrogen (secondary N) is 1. The first-order chi connectivity index (χ1) is 14.8. The van der Waals surface area contributed by atoms with Gasteiger partial charge in [-0.2, -0.15) is 0 Å². The predicted octanol–water partition coefficient (Wildman–Crippen LogP) is 4.77. The molecule has 31 heavy (non-hydrogen) atoms. The molecule has 1 heterocycles. The minimum atomic E-state index is -4.03. The van der Waals surface area contributed by atoms with Gasteiger partial charge in [0.15, 0.2) is 4.34 Å². The number of carbonyl (C=O) groups is 1. The van der Waals surface area contributed by atoms with E-state index < -0.39 is 22.5 Å². The van der Waals surface area contributed by atoms with E-state index >= 15 is 0 Å². The maximum Gasteiger partial charge on any atom is 0.264 e. The molecule has 0 aliphatic heterocycles. The van der Waals surface area contributed by atoms with Gasteiger partial charge in [-0.15, -0.1) is 10.2 Å². The van der Waals surface area contributed by atoms with Crippen LogP contribution in [-0.4, -0.2) is 36.8 Å². The lowest BCUT2D eigenvalue weighted by Gasteiger charge is -2.24. The van der Waals surface area contributed by atoms with Crippen molar-refractivity contribution in [2.75, 3.05) is 21.9 Å². The van der Waals surface area contributed by atoms with Gasteiger partial charge in [0, 0.05) is 5.75 Å². The average Bonchev–Trinajstić information content (AvgIpc) is 3.19. The summed E-state index contributed by atoms with van der Waals surface area (Å²) in [5, 5.41) is 11.2. The Kier molecular flexibility index (Phi) is 7.93. The Morgan fingerprint density at radius 2 is 1.81 bits per heavy atom. The van der Waals surface area contributed by atoms with E-state index in [2.05, 4.69) is 29.4 Å². The molecule has 0 saturated carbocycles. The van der Waals surface area contributed by atoms with Crippen molar-refractivity contribution >= 4 is 61.4 Å². The van der Waals surface area contributed by atoms with E-state index in [1.807, 2.05) is 0 Å². The summed E-state index contributed by atoms with van der Waals surface area (Å²) >= 11 is 9.07. The summed E-state index contributed by atoms with van der Waals surface area (Å²) in [4.78, 5) is 12.8. The van der Waals surface area contributed by atoms with Crippen molar-refractivity contribution in [3.8, 4) is 0 Å². The van der Waals surface area contributed by atoms with Gasteiger partial charge >= 0.3 is 0 Å². The number of hydrogen-bond donors (Lipinski definition) is 1. The number of benzene rings is 2. The molecule has 2 aromatic carbocycles. The monoisotopic (exact) mass is 496 g/mol. The lowest BCUT2D eigenvalue weighted by Crippen LogP contribution is -2.38. The van der Waals surface area contributed by atoms with Crippen LogP contribution in [0.4, 0.5) is 10.8 Å². The Hall–Kier alpha value is -2.14. The van der Waals surface area contributed by atoms with Gasteiger partial charge in [0.1, 0.15) is 6.54 Å². The summed E-state index contributed by atoms with van der Waals surface area (Å²) < 4.78 is 28.3. The second-order valence-corrected chi connectivity index (χ2v) is 11.4. The molecular weight excluding hydrogens is 476 g/mol. The summed E-state index contributed by atoms with van der Waals surface area (Å²) in [6.45, 7) is 3.75. The second kappa shape index (κ2) is 10.4. The first-order valence-corrected chi connectivity index (χ1v) is 13.0. The number of thioether (sulfide) groups is 1. The van der Waals surface area contributed by atoms with Crippen molar-refractivity contribution in [1.29, 1.82) is 0 Å². The second-order valence-electron chi connectivity index (χ2n) is 6.90. The van der Waals surface area contributed by atoms with Crippen molar-refractivity contribution < 1.29 is 13.2 Å². The first kappa shape index (κ1) is 23.5. The van der Waals surface area contributed by atoms with Crippen molar-refractivity contribution in [3.05, 3.63) is 59.6 Å². The minimum absolute atomic E-state index is 0.0611. The molecule has 0 saturated heterocycles. The Labute approximate surface area is 194 Å². The quantitative estimate of drug-likeness (QED) is 0.338. The van der Waals surface area contributed by atoms with Crippen molar-refractivity contribution in [3.63, 3.8) is 0 Å². The smallest absolute Gasteiger partial charge is 0.264 e. The van der Waals surface area contributed by atoms with E-state index in [1.54, 1.807) is 54.2 Å². The molecule has 0 fully saturated rings. The molecule has 3 aromatic rings. The van der Waals surface area contributed by atoms with Crippen LogP contribution in [0.2, 0.25) is 5.02 Å². The molecule has 0 aliphatic rings. The third kappa shape index (κ3) is 6.19. The van der Waals surface area contributed by atoms with Crippen LogP contribution in [0.1, 0.15) is 13.8 Å². The Bertz CT molecular complexity index is 1140. The molecule has 0 aliphatic carbocycles. The maximum absolute atomic E-state index is 13.3. The summed E-state index contributed by atoms with van der Waals surface area (Å²) in [5.41, 5.74) is 0.216. The van der Waals surface area contributed by atoms with Crippen LogP contribution in [0.15, 0.2) is 63.8 Å². The Morgan fingerprint density at radius 1 is 1.13 bits per heavy atom. The van der Waals surface area contributed by atoms with Crippen LogP contribution >= 0.6 is 34.7 Å². The standard InChI is InChI=1S/C20H21ClN4O3S3/c1-14(2)13-29-20-24-23-19(30-20)22-18(26)12-25(17-11-7-6-10-16(17)21)31(27,28)15-8-4-3-5-9-15/h3-11,14H,12-13H2,1-2H3,(H,22,23,26). The molecule has 1 aromatic heterocycles. The van der Waals surface area contributed by atoms with E-state index in [4.69, 9.17) is 11.6 Å². The molecule has 0 spiro atoms. The zero-order chi connectivity index (χ0) is 22.4. The number of nitrogens with zero attached hydrogens (tertiary/aromatic N) is 3. The molecule has 1 amide bonds. The molecular formula is C20H21ClN4O3S3. The lowest BCUT2D eigenvalue weighted by atomic mass is 10.3. The highest BCUT2D eigenvalue weighted by Gasteiger charge is 2.28. The van der Waals surface area contributed by atoms with E-state index in [-0.39, 0.29) is 15.6 Å². The number of aromatic nitrogens is 2. The van der Waals surface area contributed by atoms with Crippen LogP contribution in [-0.2, 0) is 14.8 Å². The van der Waals surface area contributed by atoms with Crippen LogP contribution in [0.25, 0.3) is 0 Å². The van der Waals surface area contributed by atoms with Crippen molar-refractivity contribution in [1.82, 2.24) is 10.2 Å². The summed E-state index contributed by atoms with van der Waals surface area (Å²) in [5.74, 6) is 0.841. The molecule has 164 valence electrons. The fourth-order valence-corrected chi connectivity index (χ4v) is 6.01. The van der Waals surface area contributed by atoms with Crippen LogP contribution in [0.3, 0.4) is 0 Å². The number of amides is 1. The average molecular weight is 497 g/mol. The highest BCUT2D eigenvalue weighted by molar-refractivity contribution is 8.01. The number of halogens is 1. The SMILES string of the molecule is CC(C)CSc1nnc(NC(=O)CN(c2ccccc2Cl)S(=O)(=O)c2ccccc2)s1. The third-order valence-electron chi connectivity index (χ3n) is 3.93. The summed E-state index contributed by atoms with van der Waals surface area (Å²) in [6.07, 6.45) is 0. The number of rotatable bonds is 9. The molecule has 1 N–H and O–H groups in total. The number of sulfonamides is 1. The van der Waals surface area contributed by atoms with Gasteiger partial charge in [0.2, 0.25) is 11.0 Å². The molecule has 0 unspecified atom stereocenters. The topological polar surface area (TPSA) is 92.3 Å². The van der Waals surface area contributed by atoms with Gasteiger partial charge in [-0.1, -0.05) is 78.9 Å². The van der Waals surface area contributed by atoms with Gasteiger partial charge in [-0.3, -0.25) is 14.4 Å². The zero-order valence-electron chi connectivity index (χ0n) is 16.9. The van der Waals surface area contributed by atoms with Crippen LogP contribution in [0.5, 0.6) is 0 Å². The molecule has 3 rings (SSSR count). The van der Waals surface area contributed by atoms with E-state index in [0.717, 1.165) is 14.4 Å². The number of para-hydroxylation sites is 1. The highest BCUT2D eigenvalue weighted by atomic mass is 35.5. The van der Waals surface area contributed by atoms with Gasteiger partial charge < -0.3 is 0 Å². The largest absolute Gasteiger partial charge is 0.299 e. The van der Waals surface area contributed by atoms with Crippen molar-refractivity contribution in [2.45, 2.75) is 23.1 Å². The fourth-order valence-electron chi connectivity index (χ4n) is 2.52. The number of anilines is 2. The summed E-state index contributed by atoms with van der Waals surface area (Å²) in [6, 6.07) is 14.4. The fraction of sp³-hybridized carbons (Fsp3) is 0.250. The Balaban J connectivity index is 1.83. The third-order valence-corrected chi connectivity index (χ3v) is 8.42. The first-order valence-electron chi connectivity index (χ1n) is 9.36.